The third kappa shape index (κ3) is 6.45. The Balaban J connectivity index is 1.84. The van der Waals surface area contributed by atoms with E-state index in [0.29, 0.717) is 29.1 Å². The number of rotatable bonds is 8. The van der Waals surface area contributed by atoms with Gasteiger partial charge in [-0.3, -0.25) is 9.69 Å². The highest BCUT2D eigenvalue weighted by atomic mass is 35.5. The Bertz CT molecular complexity index is 809. The van der Waals surface area contributed by atoms with Crippen LogP contribution in [0.5, 0.6) is 0 Å². The number of β-amino-alcohol motifs (C(OH)–C–C–N with tert-alkyl or cyclic N) is 1. The second-order valence-electron chi connectivity index (χ2n) is 8.98. The van der Waals surface area contributed by atoms with E-state index in [9.17, 15) is 9.90 Å². The molecule has 1 aliphatic heterocycles. The van der Waals surface area contributed by atoms with E-state index in [0.717, 1.165) is 30.5 Å². The maximum atomic E-state index is 13.7. The Kier molecular flexibility index (Phi) is 8.40. The molecule has 1 saturated heterocycles. The minimum absolute atomic E-state index is 0.0400. The summed E-state index contributed by atoms with van der Waals surface area (Å²) in [5, 5.41) is 11.3. The number of aliphatic hydroxyl groups is 1. The van der Waals surface area contributed by atoms with Crippen molar-refractivity contribution in [1.29, 1.82) is 0 Å². The van der Waals surface area contributed by atoms with Gasteiger partial charge < -0.3 is 10.0 Å². The third-order valence-corrected chi connectivity index (χ3v) is 6.47. The lowest BCUT2D eigenvalue weighted by Gasteiger charge is -2.34. The van der Waals surface area contributed by atoms with Gasteiger partial charge in [-0.25, -0.2) is 0 Å². The van der Waals surface area contributed by atoms with Crippen LogP contribution in [0.25, 0.3) is 0 Å². The van der Waals surface area contributed by atoms with E-state index in [1.54, 1.807) is 0 Å². The molecule has 1 fully saturated rings. The zero-order chi connectivity index (χ0) is 22.5. The molecule has 1 amide bonds. The van der Waals surface area contributed by atoms with Crippen LogP contribution in [-0.4, -0.2) is 59.6 Å². The first-order valence-electron chi connectivity index (χ1n) is 10.9. The first kappa shape index (κ1) is 24.1. The summed E-state index contributed by atoms with van der Waals surface area (Å²) in [7, 11) is 1.88. The Morgan fingerprint density at radius 2 is 1.58 bits per heavy atom. The number of halogens is 2. The lowest BCUT2D eigenvalue weighted by molar-refractivity contribution is -0.131. The maximum absolute atomic E-state index is 13.7. The summed E-state index contributed by atoms with van der Waals surface area (Å²) in [5.74, 6) is 0.121. The summed E-state index contributed by atoms with van der Waals surface area (Å²) in [4.78, 5) is 17.9. The number of likely N-dealkylation sites (tertiary alicyclic amines) is 1. The standard InChI is InChI=1S/C25H32Cl2N2O2/c1-17(2)14-22(29-13-12-23(30)16-29)15-28(3)25(31)24(18-4-8-20(26)9-5-18)19-6-10-21(27)11-7-19/h4-11,17,22-24,30H,12-16H2,1-3H3/t22?,23-/m0/s1. The largest absolute Gasteiger partial charge is 0.392 e. The molecule has 168 valence electrons. The van der Waals surface area contributed by atoms with Crippen LogP contribution in [0.4, 0.5) is 0 Å². The van der Waals surface area contributed by atoms with Crippen LogP contribution < -0.4 is 0 Å². The number of likely N-dealkylation sites (N-methyl/N-ethyl adjacent to an activating group) is 1. The molecule has 31 heavy (non-hydrogen) atoms. The highest BCUT2D eigenvalue weighted by molar-refractivity contribution is 6.30. The van der Waals surface area contributed by atoms with Gasteiger partial charge in [0.15, 0.2) is 0 Å². The molecule has 0 spiro atoms. The normalized spacial score (nSPS) is 18.0. The van der Waals surface area contributed by atoms with Crippen molar-refractivity contribution >= 4 is 29.1 Å². The van der Waals surface area contributed by atoms with Crippen molar-refractivity contribution in [2.75, 3.05) is 26.7 Å². The summed E-state index contributed by atoms with van der Waals surface area (Å²) in [5.41, 5.74) is 1.81. The molecule has 1 N–H and O–H groups in total. The van der Waals surface area contributed by atoms with Crippen LogP contribution in [0.15, 0.2) is 48.5 Å². The van der Waals surface area contributed by atoms with Gasteiger partial charge in [-0.2, -0.15) is 0 Å². The van der Waals surface area contributed by atoms with Gasteiger partial charge in [-0.15, -0.1) is 0 Å². The predicted octanol–water partition coefficient (Wildman–Crippen LogP) is 5.07. The van der Waals surface area contributed by atoms with Gasteiger partial charge in [0.05, 0.1) is 12.0 Å². The van der Waals surface area contributed by atoms with Crippen LogP contribution in [0.3, 0.4) is 0 Å². The number of benzene rings is 2. The van der Waals surface area contributed by atoms with Crippen LogP contribution in [-0.2, 0) is 4.79 Å². The molecule has 2 aromatic carbocycles. The summed E-state index contributed by atoms with van der Waals surface area (Å²) in [6.07, 6.45) is 1.51. The molecule has 1 aliphatic rings. The Labute approximate surface area is 195 Å². The van der Waals surface area contributed by atoms with Gasteiger partial charge >= 0.3 is 0 Å². The van der Waals surface area contributed by atoms with E-state index >= 15 is 0 Å². The molecular formula is C25H32Cl2N2O2. The fraction of sp³-hybridized carbons (Fsp3) is 0.480. The SMILES string of the molecule is CC(C)CC(CN(C)C(=O)C(c1ccc(Cl)cc1)c1ccc(Cl)cc1)N1CC[C@H](O)C1. The minimum atomic E-state index is -0.427. The highest BCUT2D eigenvalue weighted by Crippen LogP contribution is 2.29. The molecule has 0 bridgehead atoms. The Hall–Kier alpha value is -1.59. The van der Waals surface area contributed by atoms with Gasteiger partial charge in [-0.1, -0.05) is 61.3 Å². The topological polar surface area (TPSA) is 43.8 Å². The van der Waals surface area contributed by atoms with Gasteiger partial charge in [0.1, 0.15) is 0 Å². The number of nitrogens with zero attached hydrogens (tertiary/aromatic N) is 2. The third-order valence-electron chi connectivity index (χ3n) is 5.97. The lowest BCUT2D eigenvalue weighted by atomic mass is 9.89. The molecule has 6 heteroatoms. The average molecular weight is 463 g/mol. The first-order valence-corrected chi connectivity index (χ1v) is 11.7. The van der Waals surface area contributed by atoms with Crippen LogP contribution in [0.2, 0.25) is 10.0 Å². The fourth-order valence-electron chi connectivity index (χ4n) is 4.40. The molecule has 1 heterocycles. The minimum Gasteiger partial charge on any atom is -0.392 e. The van der Waals surface area contributed by atoms with Gasteiger partial charge in [0.25, 0.3) is 0 Å². The molecule has 2 aromatic rings. The average Bonchev–Trinajstić information content (AvgIpc) is 3.16. The lowest BCUT2D eigenvalue weighted by Crippen LogP contribution is -2.46. The molecule has 0 aliphatic carbocycles. The Morgan fingerprint density at radius 1 is 1.06 bits per heavy atom. The molecular weight excluding hydrogens is 431 g/mol. The number of carbonyl (C=O) groups is 1. The second kappa shape index (κ2) is 10.8. The van der Waals surface area contributed by atoms with Gasteiger partial charge in [0.2, 0.25) is 5.91 Å². The molecule has 2 atom stereocenters. The van der Waals surface area contributed by atoms with Crippen molar-refractivity contribution in [3.05, 3.63) is 69.7 Å². The van der Waals surface area contributed by atoms with Crippen molar-refractivity contribution in [2.45, 2.75) is 44.8 Å². The molecule has 4 nitrogen and oxygen atoms in total. The molecule has 3 rings (SSSR count). The van der Waals surface area contributed by atoms with E-state index < -0.39 is 5.92 Å². The Morgan fingerprint density at radius 3 is 2.00 bits per heavy atom. The summed E-state index contributed by atoms with van der Waals surface area (Å²) in [6, 6.07) is 15.2. The van der Waals surface area contributed by atoms with Gasteiger partial charge in [-0.05, 0) is 54.2 Å². The number of hydrogen-bond donors (Lipinski definition) is 1. The molecule has 0 radical (unpaired) electrons. The van der Waals surface area contributed by atoms with Crippen molar-refractivity contribution in [3.63, 3.8) is 0 Å². The monoisotopic (exact) mass is 462 g/mol. The number of carbonyl (C=O) groups excluding carboxylic acids is 1. The highest BCUT2D eigenvalue weighted by Gasteiger charge is 2.32. The first-order chi connectivity index (χ1) is 14.7. The van der Waals surface area contributed by atoms with Crippen LogP contribution in [0, 0.1) is 5.92 Å². The fourth-order valence-corrected chi connectivity index (χ4v) is 4.65. The van der Waals surface area contributed by atoms with Crippen LogP contribution >= 0.6 is 23.2 Å². The predicted molar refractivity (Wildman–Crippen MR) is 128 cm³/mol. The van der Waals surface area contributed by atoms with E-state index in [4.69, 9.17) is 23.2 Å². The van der Waals surface area contributed by atoms with E-state index in [1.165, 1.54) is 0 Å². The smallest absolute Gasteiger partial charge is 0.234 e. The van der Waals surface area contributed by atoms with Crippen molar-refractivity contribution in [1.82, 2.24) is 9.80 Å². The molecule has 0 aromatic heterocycles. The van der Waals surface area contributed by atoms with Gasteiger partial charge in [0, 0.05) is 42.8 Å². The zero-order valence-electron chi connectivity index (χ0n) is 18.5. The summed E-state index contributed by atoms with van der Waals surface area (Å²) in [6.45, 7) is 6.58. The van der Waals surface area contributed by atoms with Crippen LogP contribution in [0.1, 0.15) is 43.7 Å². The van der Waals surface area contributed by atoms with Crippen molar-refractivity contribution in [2.24, 2.45) is 5.92 Å². The second-order valence-corrected chi connectivity index (χ2v) is 9.85. The van der Waals surface area contributed by atoms with E-state index in [-0.39, 0.29) is 18.1 Å². The molecule has 0 saturated carbocycles. The quantitative estimate of drug-likeness (QED) is 0.595. The van der Waals surface area contributed by atoms with Crippen molar-refractivity contribution < 1.29 is 9.90 Å². The maximum Gasteiger partial charge on any atom is 0.234 e. The molecule has 1 unspecified atom stereocenters. The summed E-state index contributed by atoms with van der Waals surface area (Å²) >= 11 is 12.2. The van der Waals surface area contributed by atoms with E-state index in [1.807, 2.05) is 60.5 Å². The summed E-state index contributed by atoms with van der Waals surface area (Å²) < 4.78 is 0. The zero-order valence-corrected chi connectivity index (χ0v) is 20.0. The number of hydrogen-bond acceptors (Lipinski definition) is 3. The van der Waals surface area contributed by atoms with Crippen molar-refractivity contribution in [3.8, 4) is 0 Å². The van der Waals surface area contributed by atoms with E-state index in [2.05, 4.69) is 18.7 Å². The number of amides is 1. The number of aliphatic hydroxyl groups excluding tert-OH is 1.